The molecule has 0 spiro atoms. The number of hydrogen-bond donors (Lipinski definition) is 1. The van der Waals surface area contributed by atoms with Crippen molar-refractivity contribution in [3.8, 4) is 0 Å². The minimum atomic E-state index is -4.48. The smallest absolute Gasteiger partial charge is 0.213 e. The van der Waals surface area contributed by atoms with Gasteiger partial charge in [-0.25, -0.2) is 13.1 Å². The second-order valence-electron chi connectivity index (χ2n) is 3.25. The van der Waals surface area contributed by atoms with E-state index in [0.717, 1.165) is 6.26 Å². The van der Waals surface area contributed by atoms with Crippen LogP contribution in [-0.4, -0.2) is 26.9 Å². The van der Waals surface area contributed by atoms with Crippen LogP contribution in [0.2, 0.25) is 0 Å². The molecule has 1 atom stereocenters. The summed E-state index contributed by atoms with van der Waals surface area (Å²) in [6.45, 7) is 0. The van der Waals surface area contributed by atoms with Gasteiger partial charge in [0, 0.05) is 0 Å². The Morgan fingerprint density at radius 2 is 1.85 bits per heavy atom. The molecule has 1 aliphatic carbocycles. The summed E-state index contributed by atoms with van der Waals surface area (Å²) in [7, 11) is -3.78. The highest BCUT2D eigenvalue weighted by Crippen LogP contribution is 2.40. The van der Waals surface area contributed by atoms with Gasteiger partial charge in [0.05, 0.1) is 6.26 Å². The molecule has 0 aromatic heterocycles. The minimum Gasteiger partial charge on any atom is -0.213 e. The van der Waals surface area contributed by atoms with Gasteiger partial charge in [0.2, 0.25) is 10.0 Å². The number of hydrogen-bond acceptors (Lipinski definition) is 2. The zero-order valence-corrected chi connectivity index (χ0v) is 7.74. The third-order valence-electron chi connectivity index (χ3n) is 1.79. The third kappa shape index (κ3) is 3.51. The topological polar surface area (TPSA) is 46.2 Å². The van der Waals surface area contributed by atoms with Gasteiger partial charge in [-0.3, -0.25) is 0 Å². The van der Waals surface area contributed by atoms with E-state index in [1.807, 2.05) is 0 Å². The molecule has 3 nitrogen and oxygen atoms in total. The predicted octanol–water partition coefficient (Wildman–Crippen LogP) is 0.877. The Labute approximate surface area is 74.4 Å². The Bertz CT molecular complexity index is 281. The van der Waals surface area contributed by atoms with Crippen molar-refractivity contribution in [3.05, 3.63) is 0 Å². The zero-order valence-electron chi connectivity index (χ0n) is 6.93. The van der Waals surface area contributed by atoms with E-state index >= 15 is 0 Å². The lowest BCUT2D eigenvalue weighted by Gasteiger charge is -2.19. The lowest BCUT2D eigenvalue weighted by atomic mass is 10.2. The molecule has 0 aromatic rings. The lowest BCUT2D eigenvalue weighted by molar-refractivity contribution is -0.155. The first-order valence-electron chi connectivity index (χ1n) is 3.74. The average Bonchev–Trinajstić information content (AvgIpc) is 2.58. The molecule has 1 aliphatic rings. The van der Waals surface area contributed by atoms with Crippen LogP contribution in [0.25, 0.3) is 0 Å². The van der Waals surface area contributed by atoms with Gasteiger partial charge in [0.1, 0.15) is 6.04 Å². The lowest BCUT2D eigenvalue weighted by Crippen LogP contribution is -2.46. The molecule has 0 aromatic carbocycles. The van der Waals surface area contributed by atoms with Crippen LogP contribution in [0.5, 0.6) is 0 Å². The second kappa shape index (κ2) is 3.13. The van der Waals surface area contributed by atoms with E-state index in [2.05, 4.69) is 0 Å². The molecule has 78 valence electrons. The largest absolute Gasteiger partial charge is 0.405 e. The Kier molecular flexibility index (Phi) is 2.59. The van der Waals surface area contributed by atoms with Gasteiger partial charge in [-0.05, 0) is 18.8 Å². The van der Waals surface area contributed by atoms with Gasteiger partial charge in [-0.2, -0.15) is 13.2 Å². The van der Waals surface area contributed by atoms with Crippen molar-refractivity contribution >= 4 is 10.0 Å². The standard InChI is InChI=1S/C6H10F3NO2S/c1-13(11,12)10-5(4-2-3-4)6(7,8)9/h4-5,10H,2-3H2,1H3. The molecule has 0 aliphatic heterocycles. The summed E-state index contributed by atoms with van der Waals surface area (Å²) >= 11 is 0. The van der Waals surface area contributed by atoms with Gasteiger partial charge >= 0.3 is 6.18 Å². The summed E-state index contributed by atoms with van der Waals surface area (Å²) in [5.74, 6) is -0.574. The maximum absolute atomic E-state index is 12.2. The first kappa shape index (κ1) is 10.8. The molecule has 1 unspecified atom stereocenters. The highest BCUT2D eigenvalue weighted by Gasteiger charge is 2.50. The fourth-order valence-electron chi connectivity index (χ4n) is 1.09. The Morgan fingerprint density at radius 3 is 2.08 bits per heavy atom. The van der Waals surface area contributed by atoms with Crippen LogP contribution >= 0.6 is 0 Å². The second-order valence-corrected chi connectivity index (χ2v) is 5.03. The molecule has 0 radical (unpaired) electrons. The van der Waals surface area contributed by atoms with Crippen LogP contribution in [-0.2, 0) is 10.0 Å². The van der Waals surface area contributed by atoms with Crippen molar-refractivity contribution in [3.63, 3.8) is 0 Å². The van der Waals surface area contributed by atoms with Crippen LogP contribution in [0.1, 0.15) is 12.8 Å². The van der Waals surface area contributed by atoms with Crippen molar-refractivity contribution in [2.45, 2.75) is 25.1 Å². The van der Waals surface area contributed by atoms with Crippen LogP contribution in [0.4, 0.5) is 13.2 Å². The maximum atomic E-state index is 12.2. The summed E-state index contributed by atoms with van der Waals surface area (Å²) in [5, 5.41) is 0. The number of nitrogens with one attached hydrogen (secondary N) is 1. The van der Waals surface area contributed by atoms with Gasteiger partial charge in [-0.1, -0.05) is 0 Å². The molecule has 0 bridgehead atoms. The van der Waals surface area contributed by atoms with E-state index in [0.29, 0.717) is 12.8 Å². The molecule has 1 fully saturated rings. The fourth-order valence-corrected chi connectivity index (χ4v) is 1.88. The average molecular weight is 217 g/mol. The van der Waals surface area contributed by atoms with Crippen LogP contribution in [0.15, 0.2) is 0 Å². The van der Waals surface area contributed by atoms with E-state index < -0.39 is 28.2 Å². The Balaban J connectivity index is 2.69. The molecular weight excluding hydrogens is 207 g/mol. The Hall–Kier alpha value is -0.300. The molecule has 1 rings (SSSR count). The van der Waals surface area contributed by atoms with Crippen molar-refractivity contribution in [2.24, 2.45) is 5.92 Å². The first-order valence-corrected chi connectivity index (χ1v) is 5.63. The highest BCUT2D eigenvalue weighted by atomic mass is 32.2. The SMILES string of the molecule is CS(=O)(=O)NC(C1CC1)C(F)(F)F. The van der Waals surface area contributed by atoms with Crippen molar-refractivity contribution < 1.29 is 21.6 Å². The van der Waals surface area contributed by atoms with Crippen molar-refractivity contribution in [1.29, 1.82) is 0 Å². The first-order chi connectivity index (χ1) is 5.70. The predicted molar refractivity (Wildman–Crippen MR) is 40.5 cm³/mol. The molecule has 1 N–H and O–H groups in total. The molecular formula is C6H10F3NO2S. The summed E-state index contributed by atoms with van der Waals surface area (Å²) in [6.07, 6.45) is -2.88. The third-order valence-corrected chi connectivity index (χ3v) is 2.47. The van der Waals surface area contributed by atoms with Crippen molar-refractivity contribution in [2.75, 3.05) is 6.26 Å². The monoisotopic (exact) mass is 217 g/mol. The number of sulfonamides is 1. The van der Waals surface area contributed by atoms with Gasteiger partial charge in [-0.15, -0.1) is 0 Å². The normalized spacial score (nSPS) is 21.5. The molecule has 0 amide bonds. The molecule has 7 heteroatoms. The van der Waals surface area contributed by atoms with Crippen LogP contribution < -0.4 is 4.72 Å². The number of halogens is 3. The molecule has 0 saturated heterocycles. The zero-order chi connectivity index (χ0) is 10.3. The van der Waals surface area contributed by atoms with E-state index in [-0.39, 0.29) is 0 Å². The quantitative estimate of drug-likeness (QED) is 0.762. The number of rotatable bonds is 3. The summed E-state index contributed by atoms with van der Waals surface area (Å²) < 4.78 is 59.5. The van der Waals surface area contributed by atoms with Crippen molar-refractivity contribution in [1.82, 2.24) is 4.72 Å². The molecule has 0 heterocycles. The van der Waals surface area contributed by atoms with Gasteiger partial charge < -0.3 is 0 Å². The summed E-state index contributed by atoms with van der Waals surface area (Å²) in [6, 6.07) is -1.90. The van der Waals surface area contributed by atoms with E-state index in [4.69, 9.17) is 0 Å². The van der Waals surface area contributed by atoms with E-state index in [1.54, 1.807) is 4.72 Å². The highest BCUT2D eigenvalue weighted by molar-refractivity contribution is 7.88. The minimum absolute atomic E-state index is 0.437. The summed E-state index contributed by atoms with van der Waals surface area (Å²) in [4.78, 5) is 0. The Morgan fingerprint density at radius 1 is 1.38 bits per heavy atom. The van der Waals surface area contributed by atoms with E-state index in [9.17, 15) is 21.6 Å². The fraction of sp³-hybridized carbons (Fsp3) is 1.00. The molecule has 13 heavy (non-hydrogen) atoms. The van der Waals surface area contributed by atoms with Crippen LogP contribution in [0.3, 0.4) is 0 Å². The number of alkyl halides is 3. The molecule has 1 saturated carbocycles. The maximum Gasteiger partial charge on any atom is 0.405 e. The van der Waals surface area contributed by atoms with Gasteiger partial charge in [0.25, 0.3) is 0 Å². The van der Waals surface area contributed by atoms with E-state index in [1.165, 1.54) is 0 Å². The van der Waals surface area contributed by atoms with Gasteiger partial charge in [0.15, 0.2) is 0 Å². The summed E-state index contributed by atoms with van der Waals surface area (Å²) in [5.41, 5.74) is 0. The van der Waals surface area contributed by atoms with Crippen LogP contribution in [0, 0.1) is 5.92 Å².